The van der Waals surface area contributed by atoms with Crippen LogP contribution in [-0.4, -0.2) is 7.05 Å². The van der Waals surface area contributed by atoms with Crippen LogP contribution >= 0.6 is 22.6 Å². The van der Waals surface area contributed by atoms with E-state index in [9.17, 15) is 4.39 Å². The first-order chi connectivity index (χ1) is 8.70. The first kappa shape index (κ1) is 13.3. The van der Waals surface area contributed by atoms with Crippen LogP contribution in [0.15, 0.2) is 42.5 Å². The minimum absolute atomic E-state index is 0.254. The molecule has 0 spiro atoms. The van der Waals surface area contributed by atoms with E-state index in [1.54, 1.807) is 6.07 Å². The van der Waals surface area contributed by atoms with Gasteiger partial charge in [-0.05, 0) is 60.0 Å². The van der Waals surface area contributed by atoms with Gasteiger partial charge in [0.25, 0.3) is 0 Å². The van der Waals surface area contributed by atoms with Crippen LogP contribution in [-0.2, 0) is 6.54 Å². The predicted octanol–water partition coefficient (Wildman–Crippen LogP) is 3.94. The summed E-state index contributed by atoms with van der Waals surface area (Å²) >= 11 is 2.21. The number of ether oxygens (including phenoxy) is 1. The second-order valence-corrected chi connectivity index (χ2v) is 4.98. The van der Waals surface area contributed by atoms with Crippen LogP contribution in [0.1, 0.15) is 5.56 Å². The zero-order valence-corrected chi connectivity index (χ0v) is 12.1. The van der Waals surface area contributed by atoms with Crippen molar-refractivity contribution < 1.29 is 9.13 Å². The van der Waals surface area contributed by atoms with Gasteiger partial charge in [0, 0.05) is 12.1 Å². The van der Waals surface area contributed by atoms with Gasteiger partial charge >= 0.3 is 0 Å². The van der Waals surface area contributed by atoms with Crippen LogP contribution in [0.5, 0.6) is 11.5 Å². The summed E-state index contributed by atoms with van der Waals surface area (Å²) in [5, 5.41) is 3.00. The second kappa shape index (κ2) is 6.15. The Morgan fingerprint density at radius 1 is 1.17 bits per heavy atom. The lowest BCUT2D eigenvalue weighted by Gasteiger charge is -2.12. The van der Waals surface area contributed by atoms with Gasteiger partial charge in [-0.25, -0.2) is 4.39 Å². The van der Waals surface area contributed by atoms with Crippen molar-refractivity contribution in [3.05, 3.63) is 57.4 Å². The molecule has 94 valence electrons. The molecule has 0 aromatic heterocycles. The smallest absolute Gasteiger partial charge is 0.140 e. The molecule has 0 radical (unpaired) electrons. The Morgan fingerprint density at radius 3 is 2.67 bits per heavy atom. The molecule has 2 rings (SSSR count). The van der Waals surface area contributed by atoms with Crippen molar-refractivity contribution in [1.29, 1.82) is 0 Å². The highest BCUT2D eigenvalue weighted by atomic mass is 127. The fourth-order valence-corrected chi connectivity index (χ4v) is 2.12. The van der Waals surface area contributed by atoms with Crippen LogP contribution in [0.4, 0.5) is 4.39 Å². The summed E-state index contributed by atoms with van der Waals surface area (Å²) in [6.45, 7) is 0.566. The molecule has 18 heavy (non-hydrogen) atoms. The minimum Gasteiger partial charge on any atom is -0.456 e. The molecule has 0 atom stereocenters. The van der Waals surface area contributed by atoms with Crippen molar-refractivity contribution in [2.24, 2.45) is 0 Å². The SMILES string of the molecule is CNCc1cc(F)ccc1Oc1ccccc1I. The summed E-state index contributed by atoms with van der Waals surface area (Å²) in [7, 11) is 1.82. The molecule has 0 unspecified atom stereocenters. The van der Waals surface area contributed by atoms with E-state index < -0.39 is 0 Å². The third-order valence-corrected chi connectivity index (χ3v) is 3.34. The molecule has 0 aliphatic heterocycles. The van der Waals surface area contributed by atoms with E-state index in [2.05, 4.69) is 27.9 Å². The summed E-state index contributed by atoms with van der Waals surface area (Å²) < 4.78 is 20.1. The number of rotatable bonds is 4. The van der Waals surface area contributed by atoms with Gasteiger partial charge in [0.1, 0.15) is 17.3 Å². The van der Waals surface area contributed by atoms with Crippen LogP contribution in [0.25, 0.3) is 0 Å². The van der Waals surface area contributed by atoms with Crippen LogP contribution in [0, 0.1) is 9.39 Å². The zero-order chi connectivity index (χ0) is 13.0. The number of benzene rings is 2. The molecule has 0 bridgehead atoms. The Labute approximate surface area is 119 Å². The highest BCUT2D eigenvalue weighted by Gasteiger charge is 2.07. The van der Waals surface area contributed by atoms with Crippen LogP contribution in [0.3, 0.4) is 0 Å². The molecule has 0 fully saturated rings. The molecule has 0 saturated carbocycles. The third kappa shape index (κ3) is 3.20. The lowest BCUT2D eigenvalue weighted by Crippen LogP contribution is -2.07. The van der Waals surface area contributed by atoms with Crippen molar-refractivity contribution in [3.63, 3.8) is 0 Å². The summed E-state index contributed by atoms with van der Waals surface area (Å²) in [6, 6.07) is 12.3. The van der Waals surface area contributed by atoms with Gasteiger partial charge in [-0.1, -0.05) is 12.1 Å². The third-order valence-electron chi connectivity index (χ3n) is 2.45. The van der Waals surface area contributed by atoms with Crippen molar-refractivity contribution in [2.45, 2.75) is 6.54 Å². The number of hydrogen-bond donors (Lipinski definition) is 1. The molecule has 0 amide bonds. The van der Waals surface area contributed by atoms with Crippen LogP contribution < -0.4 is 10.1 Å². The Hall–Kier alpha value is -1.14. The highest BCUT2D eigenvalue weighted by Crippen LogP contribution is 2.29. The molecule has 2 aromatic rings. The number of para-hydroxylation sites is 1. The topological polar surface area (TPSA) is 21.3 Å². The highest BCUT2D eigenvalue weighted by molar-refractivity contribution is 14.1. The monoisotopic (exact) mass is 357 g/mol. The first-order valence-corrected chi connectivity index (χ1v) is 6.64. The summed E-state index contributed by atoms with van der Waals surface area (Å²) in [5.41, 5.74) is 0.803. The predicted molar refractivity (Wildman–Crippen MR) is 78.4 cm³/mol. The molecule has 0 saturated heterocycles. The molecule has 4 heteroatoms. The van der Waals surface area contributed by atoms with E-state index in [0.29, 0.717) is 12.3 Å². The number of nitrogens with one attached hydrogen (secondary N) is 1. The van der Waals surface area contributed by atoms with Gasteiger partial charge in [0.15, 0.2) is 0 Å². The van der Waals surface area contributed by atoms with E-state index in [1.807, 2.05) is 31.3 Å². The Kier molecular flexibility index (Phi) is 4.54. The fraction of sp³-hybridized carbons (Fsp3) is 0.143. The fourth-order valence-electron chi connectivity index (χ4n) is 1.62. The summed E-state index contributed by atoms with van der Waals surface area (Å²) in [5.74, 6) is 1.20. The zero-order valence-electron chi connectivity index (χ0n) is 9.91. The molecule has 2 aromatic carbocycles. The summed E-state index contributed by atoms with van der Waals surface area (Å²) in [4.78, 5) is 0. The molecule has 0 heterocycles. The average molecular weight is 357 g/mol. The Morgan fingerprint density at radius 2 is 1.94 bits per heavy atom. The number of halogens is 2. The lowest BCUT2D eigenvalue weighted by atomic mass is 10.2. The van der Waals surface area contributed by atoms with Gasteiger partial charge in [0.05, 0.1) is 3.57 Å². The molecule has 0 aliphatic carbocycles. The molecule has 0 aliphatic rings. The number of hydrogen-bond acceptors (Lipinski definition) is 2. The quantitative estimate of drug-likeness (QED) is 0.837. The van der Waals surface area contributed by atoms with E-state index in [-0.39, 0.29) is 5.82 Å². The minimum atomic E-state index is -0.254. The van der Waals surface area contributed by atoms with E-state index in [0.717, 1.165) is 14.9 Å². The Bertz CT molecular complexity index is 545. The maximum atomic E-state index is 13.2. The molecule has 1 N–H and O–H groups in total. The Balaban J connectivity index is 2.31. The van der Waals surface area contributed by atoms with E-state index >= 15 is 0 Å². The van der Waals surface area contributed by atoms with Gasteiger partial charge in [-0.2, -0.15) is 0 Å². The van der Waals surface area contributed by atoms with Crippen molar-refractivity contribution in [3.8, 4) is 11.5 Å². The second-order valence-electron chi connectivity index (χ2n) is 3.81. The van der Waals surface area contributed by atoms with Gasteiger partial charge in [-0.3, -0.25) is 0 Å². The van der Waals surface area contributed by atoms with Gasteiger partial charge in [0.2, 0.25) is 0 Å². The molecule has 2 nitrogen and oxygen atoms in total. The van der Waals surface area contributed by atoms with Crippen molar-refractivity contribution in [2.75, 3.05) is 7.05 Å². The molecular weight excluding hydrogens is 344 g/mol. The maximum Gasteiger partial charge on any atom is 0.140 e. The van der Waals surface area contributed by atoms with E-state index in [1.165, 1.54) is 12.1 Å². The van der Waals surface area contributed by atoms with Gasteiger partial charge < -0.3 is 10.1 Å². The van der Waals surface area contributed by atoms with Gasteiger partial charge in [-0.15, -0.1) is 0 Å². The standard InChI is InChI=1S/C14H13FINO/c1-17-9-10-8-11(15)6-7-13(10)18-14-5-3-2-4-12(14)16/h2-8,17H,9H2,1H3. The lowest BCUT2D eigenvalue weighted by molar-refractivity contribution is 0.468. The molecular formula is C14H13FINO. The average Bonchev–Trinajstić information content (AvgIpc) is 2.35. The summed E-state index contributed by atoms with van der Waals surface area (Å²) in [6.07, 6.45) is 0. The largest absolute Gasteiger partial charge is 0.456 e. The van der Waals surface area contributed by atoms with Crippen molar-refractivity contribution >= 4 is 22.6 Å². The normalized spacial score (nSPS) is 10.4. The maximum absolute atomic E-state index is 13.2. The van der Waals surface area contributed by atoms with Crippen molar-refractivity contribution in [1.82, 2.24) is 5.32 Å². The van der Waals surface area contributed by atoms with E-state index in [4.69, 9.17) is 4.74 Å². The van der Waals surface area contributed by atoms with Crippen LogP contribution in [0.2, 0.25) is 0 Å². The first-order valence-electron chi connectivity index (χ1n) is 5.56.